The van der Waals surface area contributed by atoms with Gasteiger partial charge in [-0.15, -0.1) is 0 Å². The summed E-state index contributed by atoms with van der Waals surface area (Å²) >= 11 is 0. The molecule has 0 spiro atoms. The van der Waals surface area contributed by atoms with Crippen LogP contribution < -0.4 is 10.3 Å². The minimum atomic E-state index is -4.49. The zero-order valence-electron chi connectivity index (χ0n) is 19.1. The number of hydrogen-bond acceptors (Lipinski definition) is 6. The third-order valence-corrected chi connectivity index (χ3v) is 6.53. The molecule has 9 nitrogen and oxygen atoms in total. The predicted molar refractivity (Wildman–Crippen MR) is 132 cm³/mol. The van der Waals surface area contributed by atoms with Gasteiger partial charge in [0.2, 0.25) is 0 Å². The van der Waals surface area contributed by atoms with E-state index >= 15 is 0 Å². The molecule has 11 heteroatoms. The minimum absolute atomic E-state index is 0.0918. The SMILES string of the molecule is CCCOc1ccc(S(=O)(=O)O)cc1-c1nc2cc3ncn(Cc4ccc(F)cc4)c3cc2c(=O)[nH]1. The molecule has 5 aromatic rings. The first kappa shape index (κ1) is 23.6. The van der Waals surface area contributed by atoms with E-state index in [4.69, 9.17) is 4.74 Å². The zero-order chi connectivity index (χ0) is 25.4. The van der Waals surface area contributed by atoms with E-state index in [1.165, 1.54) is 30.3 Å². The van der Waals surface area contributed by atoms with E-state index in [2.05, 4.69) is 15.0 Å². The summed E-state index contributed by atoms with van der Waals surface area (Å²) in [5.41, 5.74) is 2.31. The number of halogens is 1. The quantitative estimate of drug-likeness (QED) is 0.316. The summed E-state index contributed by atoms with van der Waals surface area (Å²) < 4.78 is 53.7. The van der Waals surface area contributed by atoms with E-state index < -0.39 is 15.7 Å². The van der Waals surface area contributed by atoms with E-state index in [1.807, 2.05) is 11.5 Å². The Bertz CT molecular complexity index is 1760. The molecule has 0 fully saturated rings. The molecule has 0 amide bonds. The molecule has 0 aliphatic rings. The highest BCUT2D eigenvalue weighted by molar-refractivity contribution is 7.85. The first-order valence-electron chi connectivity index (χ1n) is 11.1. The van der Waals surface area contributed by atoms with Gasteiger partial charge >= 0.3 is 0 Å². The van der Waals surface area contributed by atoms with Crippen molar-refractivity contribution in [2.24, 2.45) is 0 Å². The average Bonchev–Trinajstić information content (AvgIpc) is 3.23. The van der Waals surface area contributed by atoms with Crippen molar-refractivity contribution in [1.82, 2.24) is 19.5 Å². The molecule has 0 radical (unpaired) electrons. The Balaban J connectivity index is 1.62. The zero-order valence-corrected chi connectivity index (χ0v) is 19.9. The summed E-state index contributed by atoms with van der Waals surface area (Å²) in [4.78, 5) is 24.4. The van der Waals surface area contributed by atoms with Crippen molar-refractivity contribution < 1.29 is 22.1 Å². The van der Waals surface area contributed by atoms with Crippen LogP contribution in [0, 0.1) is 5.82 Å². The highest BCUT2D eigenvalue weighted by Gasteiger charge is 2.18. The number of rotatable bonds is 7. The van der Waals surface area contributed by atoms with Crippen LogP contribution in [0.4, 0.5) is 4.39 Å². The minimum Gasteiger partial charge on any atom is -0.493 e. The number of aromatic amines is 1. The Morgan fingerprint density at radius 3 is 2.58 bits per heavy atom. The van der Waals surface area contributed by atoms with E-state index in [0.29, 0.717) is 47.3 Å². The molecule has 2 N–H and O–H groups in total. The molecule has 0 saturated heterocycles. The van der Waals surface area contributed by atoms with Crippen molar-refractivity contribution in [3.8, 4) is 17.1 Å². The lowest BCUT2D eigenvalue weighted by atomic mass is 10.1. The van der Waals surface area contributed by atoms with Crippen molar-refractivity contribution in [2.75, 3.05) is 6.61 Å². The number of H-pyrrole nitrogens is 1. The molecule has 2 heterocycles. The fraction of sp³-hybridized carbons (Fsp3) is 0.160. The van der Waals surface area contributed by atoms with Gasteiger partial charge in [0.1, 0.15) is 17.4 Å². The maximum absolute atomic E-state index is 13.2. The van der Waals surface area contributed by atoms with Crippen LogP contribution in [-0.2, 0) is 16.7 Å². The van der Waals surface area contributed by atoms with Crippen LogP contribution in [0.15, 0.2) is 70.6 Å². The summed E-state index contributed by atoms with van der Waals surface area (Å²) in [6, 6.07) is 13.3. The van der Waals surface area contributed by atoms with Crippen LogP contribution in [0.25, 0.3) is 33.3 Å². The van der Waals surface area contributed by atoms with Gasteiger partial charge in [0.15, 0.2) is 0 Å². The summed E-state index contributed by atoms with van der Waals surface area (Å²) in [7, 11) is -4.49. The molecule has 0 aliphatic carbocycles. The molecule has 184 valence electrons. The monoisotopic (exact) mass is 508 g/mol. The fourth-order valence-electron chi connectivity index (χ4n) is 3.92. The number of nitrogens with one attached hydrogen (secondary N) is 1. The second-order valence-electron chi connectivity index (χ2n) is 8.25. The Morgan fingerprint density at radius 2 is 1.86 bits per heavy atom. The van der Waals surface area contributed by atoms with Gasteiger partial charge in [0.25, 0.3) is 15.7 Å². The lowest BCUT2D eigenvalue weighted by molar-refractivity contribution is 0.318. The molecule has 0 atom stereocenters. The van der Waals surface area contributed by atoms with Crippen LogP contribution in [0.1, 0.15) is 18.9 Å². The number of fused-ring (bicyclic) bond motifs is 2. The normalized spacial score (nSPS) is 11.9. The maximum Gasteiger partial charge on any atom is 0.294 e. The average molecular weight is 509 g/mol. The summed E-state index contributed by atoms with van der Waals surface area (Å²) in [5, 5.41) is 0.314. The highest BCUT2D eigenvalue weighted by atomic mass is 32.2. The van der Waals surface area contributed by atoms with Gasteiger partial charge in [0, 0.05) is 6.54 Å². The van der Waals surface area contributed by atoms with Crippen molar-refractivity contribution in [3.63, 3.8) is 0 Å². The molecule has 0 saturated carbocycles. The van der Waals surface area contributed by atoms with Crippen LogP contribution in [0.2, 0.25) is 0 Å². The molecule has 0 aliphatic heterocycles. The van der Waals surface area contributed by atoms with Crippen molar-refractivity contribution in [3.05, 3.63) is 82.7 Å². The predicted octanol–water partition coefficient (Wildman–Crippen LogP) is 4.16. The molecule has 3 aromatic carbocycles. The van der Waals surface area contributed by atoms with Gasteiger partial charge in [-0.3, -0.25) is 9.35 Å². The smallest absolute Gasteiger partial charge is 0.294 e. The summed E-state index contributed by atoms with van der Waals surface area (Å²) in [5.74, 6) is 0.0876. The number of imidazole rings is 1. The first-order chi connectivity index (χ1) is 17.2. The molecule has 0 bridgehead atoms. The van der Waals surface area contributed by atoms with E-state index in [9.17, 15) is 22.2 Å². The highest BCUT2D eigenvalue weighted by Crippen LogP contribution is 2.31. The lowest BCUT2D eigenvalue weighted by Crippen LogP contribution is -2.11. The summed E-state index contributed by atoms with van der Waals surface area (Å²) in [6.07, 6.45) is 2.34. The molecule has 36 heavy (non-hydrogen) atoms. The lowest BCUT2D eigenvalue weighted by Gasteiger charge is -2.12. The van der Waals surface area contributed by atoms with Crippen LogP contribution in [0.5, 0.6) is 5.75 Å². The van der Waals surface area contributed by atoms with Crippen molar-refractivity contribution in [2.45, 2.75) is 24.8 Å². The third kappa shape index (κ3) is 4.58. The van der Waals surface area contributed by atoms with Crippen molar-refractivity contribution in [1.29, 1.82) is 0 Å². The number of ether oxygens (including phenoxy) is 1. The number of aromatic nitrogens is 4. The third-order valence-electron chi connectivity index (χ3n) is 5.68. The second-order valence-corrected chi connectivity index (χ2v) is 9.67. The maximum atomic E-state index is 13.2. The van der Waals surface area contributed by atoms with Gasteiger partial charge in [-0.1, -0.05) is 19.1 Å². The van der Waals surface area contributed by atoms with Crippen LogP contribution in [-0.4, -0.2) is 39.1 Å². The van der Waals surface area contributed by atoms with Crippen molar-refractivity contribution >= 4 is 32.1 Å². The van der Waals surface area contributed by atoms with Crippen LogP contribution in [0.3, 0.4) is 0 Å². The first-order valence-corrected chi connectivity index (χ1v) is 12.5. The van der Waals surface area contributed by atoms with Gasteiger partial charge in [0.05, 0.1) is 45.3 Å². The second kappa shape index (κ2) is 9.17. The topological polar surface area (TPSA) is 127 Å². The summed E-state index contributed by atoms with van der Waals surface area (Å²) in [6.45, 7) is 2.72. The molecule has 5 rings (SSSR count). The Labute approximate surface area is 205 Å². The van der Waals surface area contributed by atoms with Crippen LogP contribution >= 0.6 is 0 Å². The van der Waals surface area contributed by atoms with Gasteiger partial charge in [-0.05, 0) is 54.4 Å². The number of nitrogens with zero attached hydrogens (tertiary/aromatic N) is 3. The standard InChI is InChI=1S/C25H21FN4O5S/c1-2-9-35-23-8-7-17(36(32,33)34)10-19(23)24-28-20-12-21-22(11-18(20)25(31)29-24)30(14-27-21)13-15-3-5-16(26)6-4-15/h3-8,10-12,14H,2,9,13H2,1H3,(H,28,29,31)(H,32,33,34). The number of hydrogen-bond donors (Lipinski definition) is 2. The number of benzene rings is 3. The molecular weight excluding hydrogens is 487 g/mol. The molecular formula is C25H21FN4O5S. The van der Waals surface area contributed by atoms with Gasteiger partial charge in [-0.2, -0.15) is 8.42 Å². The fourth-order valence-corrected chi connectivity index (χ4v) is 4.43. The molecule has 0 unspecified atom stereocenters. The van der Waals surface area contributed by atoms with Gasteiger partial charge < -0.3 is 14.3 Å². The van der Waals surface area contributed by atoms with E-state index in [-0.39, 0.29) is 22.1 Å². The molecule has 2 aromatic heterocycles. The Morgan fingerprint density at radius 1 is 1.08 bits per heavy atom. The Hall–Kier alpha value is -4.09. The van der Waals surface area contributed by atoms with E-state index in [1.54, 1.807) is 30.6 Å². The van der Waals surface area contributed by atoms with Gasteiger partial charge in [-0.25, -0.2) is 14.4 Å². The largest absolute Gasteiger partial charge is 0.493 e. The Kier molecular flexibility index (Phi) is 6.02. The van der Waals surface area contributed by atoms with E-state index in [0.717, 1.165) is 5.56 Å².